The highest BCUT2D eigenvalue weighted by Gasteiger charge is 2.11. The number of aryl methyl sites for hydroxylation is 2. The lowest BCUT2D eigenvalue weighted by molar-refractivity contribution is 0.405. The Morgan fingerprint density at radius 2 is 1.72 bits per heavy atom. The van der Waals surface area contributed by atoms with Crippen molar-refractivity contribution in [2.75, 3.05) is 11.1 Å². The van der Waals surface area contributed by atoms with Gasteiger partial charge in [0.05, 0.1) is 5.52 Å². The van der Waals surface area contributed by atoms with Crippen molar-refractivity contribution < 1.29 is 10.2 Å². The highest BCUT2D eigenvalue weighted by Crippen LogP contribution is 2.32. The molecule has 0 aliphatic rings. The molecule has 0 aliphatic heterocycles. The Bertz CT molecular complexity index is 1220. The van der Waals surface area contributed by atoms with Crippen LogP contribution in [0.4, 0.5) is 11.5 Å². The molecular weight excluding hydrogens is 364 g/mol. The van der Waals surface area contributed by atoms with E-state index in [0.717, 1.165) is 27.9 Å². The number of hydrogen-bond acceptors (Lipinski definition) is 6. The van der Waals surface area contributed by atoms with E-state index in [-0.39, 0.29) is 11.5 Å². The van der Waals surface area contributed by atoms with Crippen LogP contribution in [-0.2, 0) is 6.54 Å². The number of nitrogens with one attached hydrogen (secondary N) is 1. The minimum absolute atomic E-state index is 0.202. The zero-order valence-corrected chi connectivity index (χ0v) is 16.3. The number of phenols is 2. The number of phenolic OH excluding ortho intramolecular Hbond substituents is 2. The predicted octanol–water partition coefficient (Wildman–Crippen LogP) is 4.52. The molecule has 4 rings (SSSR count). The van der Waals surface area contributed by atoms with E-state index < -0.39 is 0 Å². The lowest BCUT2D eigenvalue weighted by Crippen LogP contribution is -2.04. The molecule has 6 nitrogen and oxygen atoms in total. The molecule has 1 aromatic heterocycles. The second-order valence-electron chi connectivity index (χ2n) is 7.11. The molecule has 0 atom stereocenters. The van der Waals surface area contributed by atoms with Gasteiger partial charge in [-0.05, 0) is 60.4 Å². The summed E-state index contributed by atoms with van der Waals surface area (Å²) in [6.07, 6.45) is 0. The maximum absolute atomic E-state index is 9.86. The quantitative estimate of drug-likeness (QED) is 0.304. The topological polar surface area (TPSA) is 104 Å². The van der Waals surface area contributed by atoms with Gasteiger partial charge in [0.1, 0.15) is 11.6 Å². The van der Waals surface area contributed by atoms with Crippen LogP contribution in [0.15, 0.2) is 54.6 Å². The van der Waals surface area contributed by atoms with Gasteiger partial charge in [0.15, 0.2) is 11.5 Å². The number of aromatic nitrogens is 2. The largest absolute Gasteiger partial charge is 0.504 e. The number of fused-ring (bicyclic) bond motifs is 1. The van der Waals surface area contributed by atoms with E-state index in [1.807, 2.05) is 30.3 Å². The van der Waals surface area contributed by atoms with E-state index in [0.29, 0.717) is 29.1 Å². The van der Waals surface area contributed by atoms with Crippen LogP contribution in [0.25, 0.3) is 22.0 Å². The summed E-state index contributed by atoms with van der Waals surface area (Å²) in [5.41, 5.74) is 11.7. The van der Waals surface area contributed by atoms with Crippen molar-refractivity contribution in [2.24, 2.45) is 0 Å². The molecule has 0 aliphatic carbocycles. The zero-order valence-electron chi connectivity index (χ0n) is 16.3. The number of nitrogen functional groups attached to an aromatic ring is 1. The monoisotopic (exact) mass is 386 g/mol. The Hall–Kier alpha value is -3.80. The molecule has 29 heavy (non-hydrogen) atoms. The highest BCUT2D eigenvalue weighted by atomic mass is 16.3. The first-order chi connectivity index (χ1) is 13.9. The fraction of sp³-hybridized carbons (Fsp3) is 0.130. The number of hydrogen-bond donors (Lipinski definition) is 4. The van der Waals surface area contributed by atoms with E-state index in [4.69, 9.17) is 5.73 Å². The van der Waals surface area contributed by atoms with Crippen molar-refractivity contribution in [1.29, 1.82) is 0 Å². The molecule has 3 aromatic carbocycles. The Kier molecular flexibility index (Phi) is 4.68. The van der Waals surface area contributed by atoms with E-state index in [1.54, 1.807) is 6.92 Å². The first-order valence-corrected chi connectivity index (χ1v) is 9.30. The lowest BCUT2D eigenvalue weighted by Gasteiger charge is -2.12. The van der Waals surface area contributed by atoms with Crippen LogP contribution in [0.2, 0.25) is 0 Å². The average Bonchev–Trinajstić information content (AvgIpc) is 2.69. The van der Waals surface area contributed by atoms with Crippen molar-refractivity contribution in [3.8, 4) is 22.6 Å². The van der Waals surface area contributed by atoms with Crippen molar-refractivity contribution in [3.05, 3.63) is 71.5 Å². The van der Waals surface area contributed by atoms with Gasteiger partial charge >= 0.3 is 0 Å². The van der Waals surface area contributed by atoms with E-state index in [1.165, 1.54) is 12.1 Å². The molecule has 5 N–H and O–H groups in total. The number of benzene rings is 3. The second kappa shape index (κ2) is 7.31. The summed E-state index contributed by atoms with van der Waals surface area (Å²) in [6, 6.07) is 17.1. The van der Waals surface area contributed by atoms with Crippen LogP contribution >= 0.6 is 0 Å². The van der Waals surface area contributed by atoms with E-state index >= 15 is 0 Å². The molecule has 0 bridgehead atoms. The van der Waals surface area contributed by atoms with Gasteiger partial charge < -0.3 is 21.3 Å². The summed E-state index contributed by atoms with van der Waals surface area (Å²) in [7, 11) is 0. The third-order valence-corrected chi connectivity index (χ3v) is 4.86. The molecule has 4 aromatic rings. The average molecular weight is 386 g/mol. The SMILES string of the molecule is Cc1nc(NCc2cccc(-c3cc(N)ccc3C)c2)c2cc(O)c(O)cc2n1. The van der Waals surface area contributed by atoms with Crippen molar-refractivity contribution in [3.63, 3.8) is 0 Å². The molecule has 1 heterocycles. The van der Waals surface area contributed by atoms with Gasteiger partial charge in [0.2, 0.25) is 0 Å². The van der Waals surface area contributed by atoms with Gasteiger partial charge in [-0.3, -0.25) is 0 Å². The van der Waals surface area contributed by atoms with Crippen LogP contribution in [-0.4, -0.2) is 20.2 Å². The van der Waals surface area contributed by atoms with E-state index in [9.17, 15) is 10.2 Å². The molecule has 0 unspecified atom stereocenters. The first kappa shape index (κ1) is 18.6. The van der Waals surface area contributed by atoms with Crippen molar-refractivity contribution >= 4 is 22.4 Å². The highest BCUT2D eigenvalue weighted by molar-refractivity contribution is 5.91. The summed E-state index contributed by atoms with van der Waals surface area (Å²) < 4.78 is 0. The van der Waals surface area contributed by atoms with Gasteiger partial charge in [-0.15, -0.1) is 0 Å². The van der Waals surface area contributed by atoms with Crippen LogP contribution in [0.5, 0.6) is 11.5 Å². The summed E-state index contributed by atoms with van der Waals surface area (Å²) >= 11 is 0. The van der Waals surface area contributed by atoms with Crippen LogP contribution in [0.1, 0.15) is 17.0 Å². The maximum Gasteiger partial charge on any atom is 0.159 e. The second-order valence-corrected chi connectivity index (χ2v) is 7.11. The lowest BCUT2D eigenvalue weighted by atomic mass is 9.98. The number of anilines is 2. The fourth-order valence-electron chi connectivity index (χ4n) is 3.39. The Morgan fingerprint density at radius 1 is 0.931 bits per heavy atom. The Morgan fingerprint density at radius 3 is 2.55 bits per heavy atom. The Balaban J connectivity index is 1.65. The molecule has 0 amide bonds. The number of nitrogens with two attached hydrogens (primary N) is 1. The van der Waals surface area contributed by atoms with Crippen LogP contribution in [0, 0.1) is 13.8 Å². The molecule has 0 radical (unpaired) electrons. The third kappa shape index (κ3) is 3.78. The number of nitrogens with zero attached hydrogens (tertiary/aromatic N) is 2. The van der Waals surface area contributed by atoms with Crippen molar-refractivity contribution in [1.82, 2.24) is 9.97 Å². The summed E-state index contributed by atoms with van der Waals surface area (Å²) in [5.74, 6) is 0.779. The predicted molar refractivity (Wildman–Crippen MR) is 116 cm³/mol. The fourth-order valence-corrected chi connectivity index (χ4v) is 3.39. The summed E-state index contributed by atoms with van der Waals surface area (Å²) in [5, 5.41) is 23.6. The minimum atomic E-state index is -0.202. The van der Waals surface area contributed by atoms with Crippen LogP contribution < -0.4 is 11.1 Å². The molecule has 0 fully saturated rings. The standard InChI is InChI=1S/C23H22N4O2/c1-13-6-7-17(24)9-18(13)16-5-3-4-15(8-16)12-25-23-19-10-21(28)22(29)11-20(19)26-14(2)27-23/h3-11,28-29H,12,24H2,1-2H3,(H,25,26,27). The molecule has 0 saturated carbocycles. The summed E-state index contributed by atoms with van der Waals surface area (Å²) in [4.78, 5) is 8.79. The Labute approximate surface area is 168 Å². The molecule has 0 saturated heterocycles. The molecule has 0 spiro atoms. The molecule has 6 heteroatoms. The van der Waals surface area contributed by atoms with Gasteiger partial charge in [-0.1, -0.05) is 24.3 Å². The zero-order chi connectivity index (χ0) is 20.5. The van der Waals surface area contributed by atoms with Gasteiger partial charge in [0.25, 0.3) is 0 Å². The first-order valence-electron chi connectivity index (χ1n) is 9.30. The van der Waals surface area contributed by atoms with Gasteiger partial charge in [-0.2, -0.15) is 0 Å². The van der Waals surface area contributed by atoms with Gasteiger partial charge in [-0.25, -0.2) is 9.97 Å². The normalized spacial score (nSPS) is 11.0. The van der Waals surface area contributed by atoms with Crippen molar-refractivity contribution in [2.45, 2.75) is 20.4 Å². The minimum Gasteiger partial charge on any atom is -0.504 e. The van der Waals surface area contributed by atoms with Gasteiger partial charge in [0, 0.05) is 23.7 Å². The summed E-state index contributed by atoms with van der Waals surface area (Å²) in [6.45, 7) is 4.40. The maximum atomic E-state index is 9.86. The third-order valence-electron chi connectivity index (χ3n) is 4.86. The van der Waals surface area contributed by atoms with E-state index in [2.05, 4.69) is 34.3 Å². The number of aromatic hydroxyl groups is 2. The molecular formula is C23H22N4O2. The molecule has 146 valence electrons. The smallest absolute Gasteiger partial charge is 0.159 e. The van der Waals surface area contributed by atoms with Crippen LogP contribution in [0.3, 0.4) is 0 Å². The number of rotatable bonds is 4.